The molecule has 19 heavy (non-hydrogen) atoms. The van der Waals surface area contributed by atoms with Crippen molar-refractivity contribution in [2.75, 3.05) is 18.9 Å². The number of hydrogen-bond acceptors (Lipinski definition) is 3. The Morgan fingerprint density at radius 1 is 1.00 bits per heavy atom. The van der Waals surface area contributed by atoms with Crippen LogP contribution in [0.2, 0.25) is 0 Å². The van der Waals surface area contributed by atoms with Gasteiger partial charge in [0.15, 0.2) is 0 Å². The van der Waals surface area contributed by atoms with Crippen molar-refractivity contribution in [3.63, 3.8) is 0 Å². The molecule has 5 heteroatoms. The summed E-state index contributed by atoms with van der Waals surface area (Å²) in [6.07, 6.45) is 0. The molecule has 0 heterocycles. The summed E-state index contributed by atoms with van der Waals surface area (Å²) in [6.45, 7) is 0.707. The Hall–Kier alpha value is -1.75. The van der Waals surface area contributed by atoms with Crippen LogP contribution >= 0.6 is 15.9 Å². The summed E-state index contributed by atoms with van der Waals surface area (Å²) in [4.78, 5) is 0. The molecular formula is C14H13BrFNO2. The monoisotopic (exact) mass is 325 g/mol. The van der Waals surface area contributed by atoms with Crippen molar-refractivity contribution in [2.45, 2.75) is 0 Å². The van der Waals surface area contributed by atoms with E-state index in [-0.39, 0.29) is 5.69 Å². The third-order valence-electron chi connectivity index (χ3n) is 2.39. The Kier molecular flexibility index (Phi) is 4.63. The minimum Gasteiger partial charge on any atom is -0.490 e. The van der Waals surface area contributed by atoms with Gasteiger partial charge < -0.3 is 15.2 Å². The molecule has 2 N–H and O–H groups in total. The van der Waals surface area contributed by atoms with Crippen LogP contribution < -0.4 is 15.2 Å². The summed E-state index contributed by atoms with van der Waals surface area (Å²) in [7, 11) is 0. The largest absolute Gasteiger partial charge is 0.490 e. The van der Waals surface area contributed by atoms with E-state index in [0.29, 0.717) is 19.0 Å². The lowest BCUT2D eigenvalue weighted by atomic mass is 10.3. The van der Waals surface area contributed by atoms with Crippen molar-refractivity contribution in [1.29, 1.82) is 0 Å². The second-order valence-corrected chi connectivity index (χ2v) is 4.75. The average Bonchev–Trinajstić information content (AvgIpc) is 2.39. The van der Waals surface area contributed by atoms with Crippen molar-refractivity contribution >= 4 is 21.6 Å². The predicted octanol–water partition coefficient (Wildman–Crippen LogP) is 3.63. The molecule has 0 spiro atoms. The van der Waals surface area contributed by atoms with E-state index >= 15 is 0 Å². The molecule has 0 aliphatic heterocycles. The third-order valence-corrected chi connectivity index (χ3v) is 2.88. The minimum absolute atomic E-state index is 0.109. The molecule has 2 aromatic rings. The summed E-state index contributed by atoms with van der Waals surface area (Å²) in [6, 6.07) is 11.9. The van der Waals surface area contributed by atoms with Gasteiger partial charge in [-0.3, -0.25) is 0 Å². The van der Waals surface area contributed by atoms with Crippen LogP contribution in [-0.2, 0) is 0 Å². The van der Waals surface area contributed by atoms with Crippen molar-refractivity contribution < 1.29 is 13.9 Å². The van der Waals surface area contributed by atoms with E-state index in [1.165, 1.54) is 12.1 Å². The maximum absolute atomic E-state index is 13.2. The maximum Gasteiger partial charge on any atom is 0.149 e. The van der Waals surface area contributed by atoms with E-state index in [1.54, 1.807) is 6.07 Å². The first-order valence-corrected chi connectivity index (χ1v) is 6.50. The smallest absolute Gasteiger partial charge is 0.149 e. The van der Waals surface area contributed by atoms with Crippen LogP contribution in [0.1, 0.15) is 0 Å². The summed E-state index contributed by atoms with van der Waals surface area (Å²) >= 11 is 3.36. The molecular weight excluding hydrogens is 313 g/mol. The van der Waals surface area contributed by atoms with Crippen LogP contribution in [0.4, 0.5) is 10.1 Å². The summed E-state index contributed by atoms with van der Waals surface area (Å²) in [5, 5.41) is 0. The van der Waals surface area contributed by atoms with Crippen LogP contribution in [0.25, 0.3) is 0 Å². The molecule has 3 nitrogen and oxygen atoms in total. The first kappa shape index (κ1) is 13.7. The second-order valence-electron chi connectivity index (χ2n) is 3.84. The van der Waals surface area contributed by atoms with Crippen LogP contribution in [0.5, 0.6) is 11.5 Å². The molecule has 0 fully saturated rings. The molecule has 0 saturated heterocycles. The van der Waals surface area contributed by atoms with Crippen LogP contribution in [-0.4, -0.2) is 13.2 Å². The Labute approximate surface area is 119 Å². The van der Waals surface area contributed by atoms with Gasteiger partial charge in [-0.1, -0.05) is 22.0 Å². The highest BCUT2D eigenvalue weighted by Crippen LogP contribution is 2.19. The fourth-order valence-electron chi connectivity index (χ4n) is 1.47. The van der Waals surface area contributed by atoms with Crippen LogP contribution in [0.3, 0.4) is 0 Å². The van der Waals surface area contributed by atoms with E-state index in [0.717, 1.165) is 10.2 Å². The lowest BCUT2D eigenvalue weighted by Gasteiger charge is -2.09. The Morgan fingerprint density at radius 2 is 1.68 bits per heavy atom. The molecule has 0 saturated carbocycles. The molecule has 0 bridgehead atoms. The lowest BCUT2D eigenvalue weighted by molar-refractivity contribution is 0.216. The van der Waals surface area contributed by atoms with E-state index in [1.807, 2.05) is 24.3 Å². The molecule has 0 atom stereocenters. The van der Waals surface area contributed by atoms with Crippen LogP contribution in [0.15, 0.2) is 46.9 Å². The van der Waals surface area contributed by atoms with Gasteiger partial charge in [-0.05, 0) is 30.3 Å². The minimum atomic E-state index is -0.481. The van der Waals surface area contributed by atoms with Gasteiger partial charge in [-0.15, -0.1) is 0 Å². The molecule has 100 valence electrons. The standard InChI is InChI=1S/C14H13BrFNO2/c15-10-2-1-3-11(8-10)18-6-7-19-12-4-5-14(17)13(16)9-12/h1-5,8-9H,6-7,17H2. The van der Waals surface area contributed by atoms with E-state index in [4.69, 9.17) is 15.2 Å². The van der Waals surface area contributed by atoms with Gasteiger partial charge in [0.05, 0.1) is 5.69 Å². The van der Waals surface area contributed by atoms with Crippen molar-refractivity contribution in [3.8, 4) is 11.5 Å². The van der Waals surface area contributed by atoms with Gasteiger partial charge in [-0.25, -0.2) is 4.39 Å². The molecule has 0 radical (unpaired) electrons. The highest BCUT2D eigenvalue weighted by atomic mass is 79.9. The Balaban J connectivity index is 1.79. The summed E-state index contributed by atoms with van der Waals surface area (Å²) in [5.41, 5.74) is 5.48. The van der Waals surface area contributed by atoms with Gasteiger partial charge in [0.1, 0.15) is 30.5 Å². The number of nitrogens with two attached hydrogens (primary N) is 1. The fraction of sp³-hybridized carbons (Fsp3) is 0.143. The first-order valence-electron chi connectivity index (χ1n) is 5.71. The normalized spacial score (nSPS) is 10.2. The van der Waals surface area contributed by atoms with Gasteiger partial charge in [0, 0.05) is 10.5 Å². The Bertz CT molecular complexity index is 563. The van der Waals surface area contributed by atoms with Crippen molar-refractivity contribution in [1.82, 2.24) is 0 Å². The van der Waals surface area contributed by atoms with Gasteiger partial charge in [-0.2, -0.15) is 0 Å². The highest BCUT2D eigenvalue weighted by molar-refractivity contribution is 9.10. The number of hydrogen-bond donors (Lipinski definition) is 1. The van der Waals surface area contributed by atoms with E-state index in [9.17, 15) is 4.39 Å². The zero-order valence-electron chi connectivity index (χ0n) is 10.1. The molecule has 0 amide bonds. The number of rotatable bonds is 5. The topological polar surface area (TPSA) is 44.5 Å². The van der Waals surface area contributed by atoms with Crippen LogP contribution in [0, 0.1) is 5.82 Å². The van der Waals surface area contributed by atoms with E-state index in [2.05, 4.69) is 15.9 Å². The molecule has 2 rings (SSSR count). The number of nitrogen functional groups attached to an aromatic ring is 1. The highest BCUT2D eigenvalue weighted by Gasteiger charge is 2.01. The molecule has 0 aromatic heterocycles. The number of anilines is 1. The van der Waals surface area contributed by atoms with Gasteiger partial charge in [0.2, 0.25) is 0 Å². The quantitative estimate of drug-likeness (QED) is 0.674. The first-order chi connectivity index (χ1) is 9.15. The molecule has 0 aliphatic rings. The lowest BCUT2D eigenvalue weighted by Crippen LogP contribution is -2.09. The zero-order valence-corrected chi connectivity index (χ0v) is 11.7. The Morgan fingerprint density at radius 3 is 2.32 bits per heavy atom. The molecule has 0 unspecified atom stereocenters. The van der Waals surface area contributed by atoms with Crippen molar-refractivity contribution in [3.05, 3.63) is 52.8 Å². The fourth-order valence-corrected chi connectivity index (χ4v) is 1.85. The number of halogens is 2. The number of ether oxygens (including phenoxy) is 2. The van der Waals surface area contributed by atoms with Crippen molar-refractivity contribution in [2.24, 2.45) is 0 Å². The SMILES string of the molecule is Nc1ccc(OCCOc2cccc(Br)c2)cc1F. The average molecular weight is 326 g/mol. The predicted molar refractivity (Wildman–Crippen MR) is 75.9 cm³/mol. The summed E-state index contributed by atoms with van der Waals surface area (Å²) < 4.78 is 25.0. The van der Waals surface area contributed by atoms with Gasteiger partial charge >= 0.3 is 0 Å². The van der Waals surface area contributed by atoms with E-state index < -0.39 is 5.82 Å². The van der Waals surface area contributed by atoms with Gasteiger partial charge in [0.25, 0.3) is 0 Å². The maximum atomic E-state index is 13.2. The third kappa shape index (κ3) is 4.13. The zero-order chi connectivity index (χ0) is 13.7. The summed E-state index contributed by atoms with van der Waals surface area (Å²) in [5.74, 6) is 0.705. The molecule has 2 aromatic carbocycles. The second kappa shape index (κ2) is 6.43. The number of benzene rings is 2. The molecule has 0 aliphatic carbocycles.